The molecule has 0 aliphatic carbocycles. The Morgan fingerprint density at radius 2 is 1.87 bits per heavy atom. The van der Waals surface area contributed by atoms with E-state index < -0.39 is 6.04 Å². The molecule has 198 valence electrons. The Bertz CT molecular complexity index is 1420. The highest BCUT2D eigenvalue weighted by Crippen LogP contribution is 2.32. The predicted molar refractivity (Wildman–Crippen MR) is 150 cm³/mol. The number of nitrogens with two attached hydrogens (primary N) is 1. The van der Waals surface area contributed by atoms with E-state index in [9.17, 15) is 9.59 Å². The predicted octanol–water partition coefficient (Wildman–Crippen LogP) is 4.77. The highest BCUT2D eigenvalue weighted by atomic mass is 32.1. The van der Waals surface area contributed by atoms with Gasteiger partial charge in [0.05, 0.1) is 20.3 Å². The number of nitrogens with one attached hydrogen (secondary N) is 2. The van der Waals surface area contributed by atoms with Gasteiger partial charge in [0.25, 0.3) is 5.91 Å². The minimum atomic E-state index is -0.498. The summed E-state index contributed by atoms with van der Waals surface area (Å²) in [6.07, 6.45) is 2.33. The Hall–Kier alpha value is -3.82. The Morgan fingerprint density at radius 1 is 1.08 bits per heavy atom. The quantitative estimate of drug-likeness (QED) is 0.303. The second kappa shape index (κ2) is 11.3. The van der Waals surface area contributed by atoms with Crippen molar-refractivity contribution in [3.05, 3.63) is 76.1 Å². The molecule has 0 radical (unpaired) electrons. The number of benzene rings is 2. The van der Waals surface area contributed by atoms with Gasteiger partial charge >= 0.3 is 0 Å². The van der Waals surface area contributed by atoms with Crippen LogP contribution < -0.4 is 20.5 Å². The Labute approximate surface area is 225 Å². The lowest BCUT2D eigenvalue weighted by Gasteiger charge is -2.33. The minimum absolute atomic E-state index is 0.0265. The number of hydrogen-bond donors (Lipinski definition) is 3. The van der Waals surface area contributed by atoms with Gasteiger partial charge in [-0.2, -0.15) is 0 Å². The molecule has 38 heavy (non-hydrogen) atoms. The molecule has 2 aromatic heterocycles. The number of H-pyrrole nitrogens is 1. The number of thiophene rings is 1. The standard InChI is InChI=1S/C29H32N4O4S/c1-36-26-8-6-21(16-27(26)37-2)31-28(34)19-5-7-24-20(14-19)15-25(32-24)18-9-11-33(12-10-18)29(35)23(30)17-22-4-3-13-38-22/h3-8,13-16,18,23,32H,9-12,17,30H2,1-2H3,(H,31,34)/t23-/m0/s1. The Kier molecular flexibility index (Phi) is 7.67. The van der Waals surface area contributed by atoms with E-state index in [1.54, 1.807) is 43.8 Å². The molecular weight excluding hydrogens is 500 g/mol. The summed E-state index contributed by atoms with van der Waals surface area (Å²) in [5, 5.41) is 5.91. The molecule has 9 heteroatoms. The third-order valence-electron chi connectivity index (χ3n) is 7.11. The smallest absolute Gasteiger partial charge is 0.255 e. The first kappa shape index (κ1) is 25.8. The van der Waals surface area contributed by atoms with E-state index in [0.717, 1.165) is 34.3 Å². The molecule has 4 N–H and O–H groups in total. The number of amides is 2. The highest BCUT2D eigenvalue weighted by molar-refractivity contribution is 7.09. The molecular formula is C29H32N4O4S. The van der Waals surface area contributed by atoms with Crippen LogP contribution in [0.2, 0.25) is 0 Å². The van der Waals surface area contributed by atoms with Crippen molar-refractivity contribution in [1.82, 2.24) is 9.88 Å². The fourth-order valence-corrected chi connectivity index (χ4v) is 5.78. The van der Waals surface area contributed by atoms with E-state index in [1.807, 2.05) is 40.6 Å². The molecule has 4 aromatic rings. The lowest BCUT2D eigenvalue weighted by Crippen LogP contribution is -2.47. The van der Waals surface area contributed by atoms with E-state index in [-0.39, 0.29) is 11.8 Å². The number of methoxy groups -OCH3 is 2. The summed E-state index contributed by atoms with van der Waals surface area (Å²) in [7, 11) is 3.13. The van der Waals surface area contributed by atoms with E-state index in [4.69, 9.17) is 15.2 Å². The van der Waals surface area contributed by atoms with Gasteiger partial charge in [0, 0.05) is 64.2 Å². The van der Waals surface area contributed by atoms with Crippen molar-refractivity contribution >= 4 is 39.7 Å². The van der Waals surface area contributed by atoms with Gasteiger partial charge in [0.2, 0.25) is 5.91 Å². The van der Waals surface area contributed by atoms with Gasteiger partial charge in [0.1, 0.15) is 0 Å². The van der Waals surface area contributed by atoms with Crippen molar-refractivity contribution in [1.29, 1.82) is 0 Å². The highest BCUT2D eigenvalue weighted by Gasteiger charge is 2.28. The summed E-state index contributed by atoms with van der Waals surface area (Å²) in [4.78, 5) is 32.3. The third kappa shape index (κ3) is 5.54. The van der Waals surface area contributed by atoms with E-state index in [1.165, 1.54) is 0 Å². The number of ether oxygens (including phenoxy) is 2. The van der Waals surface area contributed by atoms with Gasteiger partial charge in [-0.05, 0) is 60.7 Å². The minimum Gasteiger partial charge on any atom is -0.493 e. The number of piperidine rings is 1. The molecule has 8 nitrogen and oxygen atoms in total. The lowest BCUT2D eigenvalue weighted by atomic mass is 9.93. The van der Waals surface area contributed by atoms with Crippen LogP contribution in [-0.2, 0) is 11.2 Å². The summed E-state index contributed by atoms with van der Waals surface area (Å²) in [6, 6.07) is 16.5. The number of nitrogens with zero attached hydrogens (tertiary/aromatic N) is 1. The molecule has 3 heterocycles. The number of carbonyl (C=O) groups is 2. The molecule has 1 atom stereocenters. The van der Waals surface area contributed by atoms with Crippen molar-refractivity contribution in [2.75, 3.05) is 32.6 Å². The number of hydrogen-bond acceptors (Lipinski definition) is 6. The van der Waals surface area contributed by atoms with Crippen molar-refractivity contribution in [3.63, 3.8) is 0 Å². The summed E-state index contributed by atoms with van der Waals surface area (Å²) in [5.41, 5.74) is 9.52. The maximum atomic E-state index is 12.9. The first-order chi connectivity index (χ1) is 18.4. The normalized spacial score (nSPS) is 14.9. The first-order valence-corrected chi connectivity index (χ1v) is 13.6. The monoisotopic (exact) mass is 532 g/mol. The van der Waals surface area contributed by atoms with Gasteiger partial charge in [-0.15, -0.1) is 11.3 Å². The van der Waals surface area contributed by atoms with Crippen LogP contribution in [-0.4, -0.2) is 55.0 Å². The van der Waals surface area contributed by atoms with Crippen LogP contribution in [0, 0.1) is 0 Å². The first-order valence-electron chi connectivity index (χ1n) is 12.7. The zero-order valence-corrected chi connectivity index (χ0v) is 22.3. The maximum Gasteiger partial charge on any atom is 0.255 e. The van der Waals surface area contributed by atoms with E-state index in [0.29, 0.717) is 48.2 Å². The van der Waals surface area contributed by atoms with Gasteiger partial charge in [-0.3, -0.25) is 9.59 Å². The third-order valence-corrected chi connectivity index (χ3v) is 8.01. The van der Waals surface area contributed by atoms with Gasteiger partial charge in [-0.1, -0.05) is 6.07 Å². The molecule has 0 unspecified atom stereocenters. The SMILES string of the molecule is COc1ccc(NC(=O)c2ccc3[nH]c(C4CCN(C(=O)[C@@H](N)Cc5cccs5)CC4)cc3c2)cc1OC. The number of likely N-dealkylation sites (tertiary alicyclic amines) is 1. The molecule has 0 bridgehead atoms. The fourth-order valence-electron chi connectivity index (χ4n) is 5.01. The molecule has 2 amide bonds. The Balaban J connectivity index is 1.21. The fraction of sp³-hybridized carbons (Fsp3) is 0.310. The van der Waals surface area contributed by atoms with Crippen LogP contribution in [0.5, 0.6) is 11.5 Å². The second-order valence-electron chi connectivity index (χ2n) is 9.54. The van der Waals surface area contributed by atoms with E-state index in [2.05, 4.69) is 16.4 Å². The molecule has 0 saturated carbocycles. The number of fused-ring (bicyclic) bond motifs is 1. The molecule has 1 saturated heterocycles. The maximum absolute atomic E-state index is 12.9. The second-order valence-corrected chi connectivity index (χ2v) is 10.6. The summed E-state index contributed by atoms with van der Waals surface area (Å²) >= 11 is 1.63. The molecule has 5 rings (SSSR count). The average Bonchev–Trinajstić information content (AvgIpc) is 3.62. The number of anilines is 1. The zero-order chi connectivity index (χ0) is 26.6. The summed E-state index contributed by atoms with van der Waals surface area (Å²) < 4.78 is 10.6. The molecule has 0 spiro atoms. The number of aromatic nitrogens is 1. The summed E-state index contributed by atoms with van der Waals surface area (Å²) in [5.74, 6) is 1.30. The van der Waals surface area contributed by atoms with Crippen LogP contribution in [0.15, 0.2) is 60.0 Å². The van der Waals surface area contributed by atoms with Crippen LogP contribution >= 0.6 is 11.3 Å². The molecule has 2 aromatic carbocycles. The zero-order valence-electron chi connectivity index (χ0n) is 21.5. The van der Waals surface area contributed by atoms with Crippen molar-refractivity contribution < 1.29 is 19.1 Å². The van der Waals surface area contributed by atoms with Crippen LogP contribution in [0.3, 0.4) is 0 Å². The number of aromatic amines is 1. The van der Waals surface area contributed by atoms with Crippen LogP contribution in [0.4, 0.5) is 5.69 Å². The van der Waals surface area contributed by atoms with E-state index >= 15 is 0 Å². The van der Waals surface area contributed by atoms with Gasteiger partial charge in [-0.25, -0.2) is 0 Å². The molecule has 1 fully saturated rings. The summed E-state index contributed by atoms with van der Waals surface area (Å²) in [6.45, 7) is 1.38. The Morgan fingerprint density at radius 3 is 2.58 bits per heavy atom. The largest absolute Gasteiger partial charge is 0.493 e. The van der Waals surface area contributed by atoms with Crippen molar-refractivity contribution in [2.24, 2.45) is 5.73 Å². The van der Waals surface area contributed by atoms with Gasteiger partial charge in [0.15, 0.2) is 11.5 Å². The van der Waals surface area contributed by atoms with Crippen molar-refractivity contribution in [3.8, 4) is 11.5 Å². The van der Waals surface area contributed by atoms with Gasteiger partial charge < -0.3 is 30.4 Å². The topological polar surface area (TPSA) is 110 Å². The van der Waals surface area contributed by atoms with Crippen LogP contribution in [0.1, 0.15) is 39.7 Å². The molecule has 1 aliphatic heterocycles. The average molecular weight is 533 g/mol. The van der Waals surface area contributed by atoms with Crippen LogP contribution in [0.25, 0.3) is 10.9 Å². The molecule has 1 aliphatic rings. The number of rotatable bonds is 8. The number of carbonyl (C=O) groups excluding carboxylic acids is 2. The van der Waals surface area contributed by atoms with Crippen molar-refractivity contribution in [2.45, 2.75) is 31.2 Å². The lowest BCUT2D eigenvalue weighted by molar-refractivity contribution is -0.133.